The van der Waals surface area contributed by atoms with Gasteiger partial charge in [0.15, 0.2) is 0 Å². The Morgan fingerprint density at radius 1 is 1.16 bits per heavy atom. The van der Waals surface area contributed by atoms with Crippen molar-refractivity contribution >= 4 is 11.9 Å². The van der Waals surface area contributed by atoms with Crippen LogP contribution in [0.15, 0.2) is 35.6 Å². The first-order chi connectivity index (χ1) is 12.0. The highest BCUT2D eigenvalue weighted by molar-refractivity contribution is 5.92. The Bertz CT molecular complexity index is 835. The lowest BCUT2D eigenvalue weighted by molar-refractivity contribution is -0.152. The van der Waals surface area contributed by atoms with Gasteiger partial charge in [0, 0.05) is 28.7 Å². The lowest BCUT2D eigenvalue weighted by Crippen LogP contribution is -2.12. The van der Waals surface area contributed by atoms with Gasteiger partial charge in [-0.2, -0.15) is 0 Å². The number of aryl methyl sites for hydroxylation is 1. The predicted molar refractivity (Wildman–Crippen MR) is 86.6 cm³/mol. The summed E-state index contributed by atoms with van der Waals surface area (Å²) < 4.78 is 21.5. The van der Waals surface area contributed by atoms with Gasteiger partial charge in [-0.15, -0.1) is 0 Å². The lowest BCUT2D eigenvalue weighted by atomic mass is 9.97. The minimum absolute atomic E-state index is 0.125. The van der Waals surface area contributed by atoms with E-state index < -0.39 is 18.2 Å². The van der Waals surface area contributed by atoms with Crippen LogP contribution in [0.3, 0.4) is 0 Å². The third-order valence-electron chi connectivity index (χ3n) is 4.96. The smallest absolute Gasteiger partial charge is 0.338 e. The molecule has 6 nitrogen and oxygen atoms in total. The Hall–Kier alpha value is -2.76. The summed E-state index contributed by atoms with van der Waals surface area (Å²) in [6.07, 6.45) is 2.47. The highest BCUT2D eigenvalue weighted by atomic mass is 16.7. The van der Waals surface area contributed by atoms with Gasteiger partial charge in [-0.1, -0.05) is 6.07 Å². The van der Waals surface area contributed by atoms with E-state index in [4.69, 9.17) is 18.9 Å². The van der Waals surface area contributed by atoms with Crippen molar-refractivity contribution in [2.24, 2.45) is 5.92 Å². The van der Waals surface area contributed by atoms with Crippen molar-refractivity contribution in [1.82, 2.24) is 0 Å². The Morgan fingerprint density at radius 3 is 2.64 bits per heavy atom. The van der Waals surface area contributed by atoms with Gasteiger partial charge in [-0.3, -0.25) is 0 Å². The Balaban J connectivity index is 1.61. The van der Waals surface area contributed by atoms with Crippen molar-refractivity contribution in [2.45, 2.75) is 32.7 Å². The van der Waals surface area contributed by atoms with Gasteiger partial charge in [0.05, 0.1) is 18.9 Å². The maximum atomic E-state index is 12.3. The number of benzene rings is 1. The molecule has 4 rings (SSSR count). The topological polar surface area (TPSA) is 71.1 Å². The van der Waals surface area contributed by atoms with Crippen molar-refractivity contribution in [3.8, 4) is 5.75 Å². The molecule has 0 spiro atoms. The van der Waals surface area contributed by atoms with Crippen LogP contribution >= 0.6 is 0 Å². The van der Waals surface area contributed by atoms with Crippen LogP contribution in [0, 0.1) is 12.8 Å². The number of hydrogen-bond donors (Lipinski definition) is 0. The first kappa shape index (κ1) is 15.7. The molecule has 1 aromatic rings. The number of methoxy groups -OCH3 is 1. The quantitative estimate of drug-likeness (QED) is 0.477. The van der Waals surface area contributed by atoms with E-state index in [1.54, 1.807) is 20.1 Å². The van der Waals surface area contributed by atoms with Crippen LogP contribution in [0.1, 0.15) is 29.7 Å². The Morgan fingerprint density at radius 2 is 1.96 bits per heavy atom. The van der Waals surface area contributed by atoms with Crippen molar-refractivity contribution in [3.05, 3.63) is 52.3 Å². The van der Waals surface area contributed by atoms with Crippen molar-refractivity contribution in [1.29, 1.82) is 0 Å². The monoisotopic (exact) mass is 342 g/mol. The largest absolute Gasteiger partial charge is 0.496 e. The van der Waals surface area contributed by atoms with Gasteiger partial charge in [-0.05, 0) is 31.9 Å². The van der Waals surface area contributed by atoms with E-state index in [1.807, 2.05) is 19.1 Å². The first-order valence-electron chi connectivity index (χ1n) is 8.12. The van der Waals surface area contributed by atoms with Crippen LogP contribution in [-0.2, 0) is 30.2 Å². The number of fused-ring (bicyclic) bond motifs is 3. The molecule has 2 aliphatic heterocycles. The molecule has 3 atom stereocenters. The SMILES string of the molecule is COc1ccc(C)c2c1C[C@H]1/C(=C\O[C@H]3C=C(C)C(=O)O3)C(=O)O[C@@H]21. The molecule has 0 amide bonds. The number of esters is 2. The third kappa shape index (κ3) is 2.40. The van der Waals surface area contributed by atoms with Gasteiger partial charge in [0.25, 0.3) is 6.29 Å². The highest BCUT2D eigenvalue weighted by Gasteiger charge is 2.48. The fourth-order valence-corrected chi connectivity index (χ4v) is 3.68. The van der Waals surface area contributed by atoms with Crippen LogP contribution in [0.5, 0.6) is 5.75 Å². The third-order valence-corrected chi connectivity index (χ3v) is 4.96. The molecule has 130 valence electrons. The fraction of sp³-hybridized carbons (Fsp3) is 0.368. The predicted octanol–water partition coefficient (Wildman–Crippen LogP) is 2.50. The zero-order valence-electron chi connectivity index (χ0n) is 14.2. The summed E-state index contributed by atoms with van der Waals surface area (Å²) in [6.45, 7) is 3.65. The van der Waals surface area contributed by atoms with Crippen molar-refractivity contribution in [3.63, 3.8) is 0 Å². The number of ether oxygens (including phenoxy) is 4. The standard InChI is InChI=1S/C19H18O6/c1-9-4-5-14(22-3)12-7-11-13(19(21)25-17(11)16(9)12)8-23-15-6-10(2)18(20)24-15/h4-6,8,11,15,17H,7H2,1-3H3/b13-8+/t11-,15+,17+/m0/s1. The van der Waals surface area contributed by atoms with Crippen LogP contribution in [0.2, 0.25) is 0 Å². The van der Waals surface area contributed by atoms with E-state index in [0.29, 0.717) is 17.6 Å². The second-order valence-corrected chi connectivity index (χ2v) is 6.45. The van der Waals surface area contributed by atoms with Crippen molar-refractivity contribution in [2.75, 3.05) is 7.11 Å². The highest BCUT2D eigenvalue weighted by Crippen LogP contribution is 2.51. The number of carbonyl (C=O) groups is 2. The minimum Gasteiger partial charge on any atom is -0.496 e. The lowest BCUT2D eigenvalue weighted by Gasteiger charge is -2.13. The van der Waals surface area contributed by atoms with E-state index in [9.17, 15) is 9.59 Å². The van der Waals surface area contributed by atoms with Gasteiger partial charge < -0.3 is 18.9 Å². The number of hydrogen-bond acceptors (Lipinski definition) is 6. The molecule has 1 aromatic carbocycles. The average molecular weight is 342 g/mol. The van der Waals surface area contributed by atoms with E-state index >= 15 is 0 Å². The van der Waals surface area contributed by atoms with Gasteiger partial charge in [-0.25, -0.2) is 9.59 Å². The molecule has 1 aliphatic carbocycles. The van der Waals surface area contributed by atoms with Crippen molar-refractivity contribution < 1.29 is 28.5 Å². The summed E-state index contributed by atoms with van der Waals surface area (Å²) in [5.74, 6) is -0.133. The number of rotatable bonds is 3. The number of cyclic esters (lactones) is 1. The Kier molecular flexibility index (Phi) is 3.56. The van der Waals surface area contributed by atoms with Crippen LogP contribution < -0.4 is 4.74 Å². The van der Waals surface area contributed by atoms with Gasteiger partial charge >= 0.3 is 11.9 Å². The summed E-state index contributed by atoms with van der Waals surface area (Å²) in [4.78, 5) is 23.7. The second-order valence-electron chi connectivity index (χ2n) is 6.45. The molecular formula is C19H18O6. The molecule has 0 N–H and O–H groups in total. The molecule has 2 heterocycles. The van der Waals surface area contributed by atoms with E-state index in [0.717, 1.165) is 22.4 Å². The molecule has 0 bridgehead atoms. The molecule has 0 aromatic heterocycles. The molecule has 0 saturated carbocycles. The van der Waals surface area contributed by atoms with E-state index in [2.05, 4.69) is 0 Å². The summed E-state index contributed by atoms with van der Waals surface area (Å²) in [5.41, 5.74) is 4.10. The van der Waals surface area contributed by atoms with Crippen LogP contribution in [0.4, 0.5) is 0 Å². The van der Waals surface area contributed by atoms with E-state index in [-0.39, 0.29) is 12.0 Å². The summed E-state index contributed by atoms with van der Waals surface area (Å²) in [5, 5.41) is 0. The van der Waals surface area contributed by atoms with Crippen LogP contribution in [0.25, 0.3) is 0 Å². The molecule has 3 aliphatic rings. The molecule has 1 saturated heterocycles. The summed E-state index contributed by atoms with van der Waals surface area (Å²) >= 11 is 0. The summed E-state index contributed by atoms with van der Waals surface area (Å²) in [6, 6.07) is 3.90. The maximum absolute atomic E-state index is 12.3. The average Bonchev–Trinajstić information content (AvgIpc) is 3.19. The normalized spacial score (nSPS) is 28.4. The molecule has 25 heavy (non-hydrogen) atoms. The maximum Gasteiger partial charge on any atom is 0.338 e. The molecular weight excluding hydrogens is 324 g/mol. The van der Waals surface area contributed by atoms with Crippen LogP contribution in [-0.4, -0.2) is 25.3 Å². The molecule has 1 fully saturated rings. The zero-order valence-corrected chi connectivity index (χ0v) is 14.2. The fourth-order valence-electron chi connectivity index (χ4n) is 3.68. The Labute approximate surface area is 145 Å². The van der Waals surface area contributed by atoms with Gasteiger partial charge in [0.2, 0.25) is 0 Å². The second kappa shape index (κ2) is 5.65. The minimum atomic E-state index is -0.799. The first-order valence-corrected chi connectivity index (χ1v) is 8.12. The van der Waals surface area contributed by atoms with E-state index in [1.165, 1.54) is 6.26 Å². The number of carbonyl (C=O) groups excluding carboxylic acids is 2. The molecule has 6 heteroatoms. The molecule has 0 unspecified atom stereocenters. The summed E-state index contributed by atoms with van der Waals surface area (Å²) in [7, 11) is 1.63. The molecule has 0 radical (unpaired) electrons. The zero-order chi connectivity index (χ0) is 17.7. The van der Waals surface area contributed by atoms with Gasteiger partial charge in [0.1, 0.15) is 11.9 Å².